The summed E-state index contributed by atoms with van der Waals surface area (Å²) in [7, 11) is 3.51. The summed E-state index contributed by atoms with van der Waals surface area (Å²) in [6.45, 7) is 2.92. The zero-order valence-corrected chi connectivity index (χ0v) is 15.6. The molecule has 26 heavy (non-hydrogen) atoms. The van der Waals surface area contributed by atoms with Crippen LogP contribution in [-0.2, 0) is 12.7 Å². The van der Waals surface area contributed by atoms with Gasteiger partial charge in [-0.15, -0.1) is 11.3 Å². The summed E-state index contributed by atoms with van der Waals surface area (Å²) in [5.74, 6) is 0.437. The molecule has 2 aromatic rings. The van der Waals surface area contributed by atoms with Gasteiger partial charge >= 0.3 is 6.18 Å². The first-order chi connectivity index (χ1) is 12.3. The fraction of sp³-hybridized carbons (Fsp3) is 0.412. The monoisotopic (exact) mass is 386 g/mol. The number of aromatic nitrogens is 1. The van der Waals surface area contributed by atoms with E-state index in [1.54, 1.807) is 18.4 Å². The van der Waals surface area contributed by atoms with Crippen LogP contribution in [0.1, 0.15) is 16.3 Å². The molecule has 0 atom stereocenters. The molecule has 0 saturated heterocycles. The van der Waals surface area contributed by atoms with Crippen molar-refractivity contribution in [2.45, 2.75) is 19.6 Å². The molecule has 0 saturated carbocycles. The highest BCUT2D eigenvalue weighted by Crippen LogP contribution is 2.35. The lowest BCUT2D eigenvalue weighted by Crippen LogP contribution is -2.40. The Bertz CT molecular complexity index is 746. The molecule has 0 fully saturated rings. The van der Waals surface area contributed by atoms with Crippen LogP contribution in [0.4, 0.5) is 13.2 Å². The minimum Gasteiger partial charge on any atom is -0.491 e. The number of aryl methyl sites for hydroxylation is 1. The van der Waals surface area contributed by atoms with Crippen molar-refractivity contribution in [3.63, 3.8) is 0 Å². The average molecular weight is 386 g/mol. The SMILES string of the molecule is CN=C(NCCOc1ccccc1C(F)(F)F)N(C)Cc1csc(C)n1. The number of benzene rings is 1. The van der Waals surface area contributed by atoms with Crippen molar-refractivity contribution in [3.8, 4) is 5.75 Å². The van der Waals surface area contributed by atoms with Crippen molar-refractivity contribution in [2.24, 2.45) is 4.99 Å². The molecule has 1 N–H and O–H groups in total. The van der Waals surface area contributed by atoms with Gasteiger partial charge in [0.15, 0.2) is 5.96 Å². The Morgan fingerprint density at radius 3 is 2.69 bits per heavy atom. The van der Waals surface area contributed by atoms with E-state index in [1.807, 2.05) is 24.3 Å². The first-order valence-electron chi connectivity index (χ1n) is 7.93. The zero-order chi connectivity index (χ0) is 19.2. The molecule has 0 radical (unpaired) electrons. The Labute approximate surface area is 154 Å². The summed E-state index contributed by atoms with van der Waals surface area (Å²) in [6.07, 6.45) is -4.44. The van der Waals surface area contributed by atoms with Crippen LogP contribution in [0.5, 0.6) is 5.75 Å². The molecule has 0 aliphatic rings. The maximum Gasteiger partial charge on any atom is 0.419 e. The quantitative estimate of drug-likeness (QED) is 0.469. The van der Waals surface area contributed by atoms with Gasteiger partial charge in [-0.3, -0.25) is 4.99 Å². The van der Waals surface area contributed by atoms with Gasteiger partial charge in [0.1, 0.15) is 12.4 Å². The number of nitrogens with one attached hydrogen (secondary N) is 1. The summed E-state index contributed by atoms with van der Waals surface area (Å²) >= 11 is 1.58. The Balaban J connectivity index is 1.85. The second-order valence-corrected chi connectivity index (χ2v) is 6.59. The molecular weight excluding hydrogens is 365 g/mol. The maximum absolute atomic E-state index is 12.9. The van der Waals surface area contributed by atoms with Gasteiger partial charge in [0.2, 0.25) is 0 Å². The third kappa shape index (κ3) is 5.62. The van der Waals surface area contributed by atoms with Crippen LogP contribution in [0.15, 0.2) is 34.6 Å². The number of para-hydroxylation sites is 1. The third-order valence-electron chi connectivity index (χ3n) is 3.47. The first kappa shape index (κ1) is 20.0. The number of guanidine groups is 1. The number of nitrogens with zero attached hydrogens (tertiary/aromatic N) is 3. The summed E-state index contributed by atoms with van der Waals surface area (Å²) in [4.78, 5) is 10.4. The largest absolute Gasteiger partial charge is 0.491 e. The van der Waals surface area contributed by atoms with E-state index in [0.717, 1.165) is 16.8 Å². The van der Waals surface area contributed by atoms with Crippen LogP contribution in [0, 0.1) is 6.92 Å². The summed E-state index contributed by atoms with van der Waals surface area (Å²) in [6, 6.07) is 5.17. The van der Waals surface area contributed by atoms with E-state index in [2.05, 4.69) is 15.3 Å². The first-order valence-corrected chi connectivity index (χ1v) is 8.81. The predicted molar refractivity (Wildman–Crippen MR) is 96.6 cm³/mol. The van der Waals surface area contributed by atoms with E-state index in [-0.39, 0.29) is 12.4 Å². The van der Waals surface area contributed by atoms with Crippen molar-refractivity contribution in [3.05, 3.63) is 45.9 Å². The van der Waals surface area contributed by atoms with Gasteiger partial charge in [0, 0.05) is 19.5 Å². The molecule has 0 aliphatic carbocycles. The maximum atomic E-state index is 12.9. The lowest BCUT2D eigenvalue weighted by atomic mass is 10.2. The molecule has 0 spiro atoms. The fourth-order valence-electron chi connectivity index (χ4n) is 2.33. The minimum atomic E-state index is -4.44. The standard InChI is InChI=1S/C17H21F3N4OS/c1-12-23-13(11-26-12)10-24(3)16(21-2)22-8-9-25-15-7-5-4-6-14(15)17(18,19)20/h4-7,11H,8-10H2,1-3H3,(H,21,22). The Kier molecular flexibility index (Phi) is 6.84. The van der Waals surface area contributed by atoms with Gasteiger partial charge in [0.25, 0.3) is 0 Å². The zero-order valence-electron chi connectivity index (χ0n) is 14.8. The number of thiazole rings is 1. The van der Waals surface area contributed by atoms with E-state index in [9.17, 15) is 13.2 Å². The van der Waals surface area contributed by atoms with Crippen LogP contribution in [-0.4, -0.2) is 43.1 Å². The predicted octanol–water partition coefficient (Wildman–Crippen LogP) is 3.56. The van der Waals surface area contributed by atoms with Crippen LogP contribution >= 0.6 is 11.3 Å². The number of halogens is 3. The normalized spacial score (nSPS) is 12.2. The molecular formula is C17H21F3N4OS. The Morgan fingerprint density at radius 2 is 2.08 bits per heavy atom. The minimum absolute atomic E-state index is 0.0791. The topological polar surface area (TPSA) is 49.8 Å². The second kappa shape index (κ2) is 8.88. The second-order valence-electron chi connectivity index (χ2n) is 5.53. The van der Waals surface area contributed by atoms with E-state index < -0.39 is 11.7 Å². The highest BCUT2D eigenvalue weighted by atomic mass is 32.1. The van der Waals surface area contributed by atoms with Crippen molar-refractivity contribution in [1.82, 2.24) is 15.2 Å². The molecule has 1 aromatic heterocycles. The molecule has 142 valence electrons. The number of ether oxygens (including phenoxy) is 1. The van der Waals surface area contributed by atoms with Gasteiger partial charge in [-0.1, -0.05) is 12.1 Å². The van der Waals surface area contributed by atoms with Crippen LogP contribution in [0.25, 0.3) is 0 Å². The van der Waals surface area contributed by atoms with Crippen LogP contribution < -0.4 is 10.1 Å². The van der Waals surface area contributed by atoms with E-state index in [0.29, 0.717) is 19.0 Å². The molecule has 9 heteroatoms. The van der Waals surface area contributed by atoms with Gasteiger partial charge in [-0.25, -0.2) is 4.98 Å². The average Bonchev–Trinajstić information content (AvgIpc) is 2.99. The Morgan fingerprint density at radius 1 is 1.35 bits per heavy atom. The van der Waals surface area contributed by atoms with Gasteiger partial charge in [-0.2, -0.15) is 13.2 Å². The van der Waals surface area contributed by atoms with E-state index in [1.165, 1.54) is 18.2 Å². The molecule has 0 amide bonds. The summed E-state index contributed by atoms with van der Waals surface area (Å²) in [5.41, 5.74) is 0.161. The fourth-order valence-corrected chi connectivity index (χ4v) is 2.94. The van der Waals surface area contributed by atoms with Gasteiger partial charge in [0.05, 0.1) is 29.4 Å². The molecule has 2 rings (SSSR count). The lowest BCUT2D eigenvalue weighted by molar-refractivity contribution is -0.138. The molecule has 0 bridgehead atoms. The number of rotatable bonds is 6. The molecule has 1 heterocycles. The molecule has 0 aliphatic heterocycles. The van der Waals surface area contributed by atoms with Gasteiger partial charge in [-0.05, 0) is 19.1 Å². The highest BCUT2D eigenvalue weighted by Gasteiger charge is 2.33. The van der Waals surface area contributed by atoms with E-state index in [4.69, 9.17) is 4.74 Å². The summed E-state index contributed by atoms with van der Waals surface area (Å²) in [5, 5.41) is 6.05. The van der Waals surface area contributed by atoms with E-state index >= 15 is 0 Å². The number of alkyl halides is 3. The molecule has 5 nitrogen and oxygen atoms in total. The number of hydrogen-bond donors (Lipinski definition) is 1. The molecule has 0 unspecified atom stereocenters. The smallest absolute Gasteiger partial charge is 0.419 e. The van der Waals surface area contributed by atoms with Crippen LogP contribution in [0.3, 0.4) is 0 Å². The highest BCUT2D eigenvalue weighted by molar-refractivity contribution is 7.09. The number of aliphatic imine (C=N–C) groups is 1. The van der Waals surface area contributed by atoms with Crippen molar-refractivity contribution in [1.29, 1.82) is 0 Å². The van der Waals surface area contributed by atoms with Gasteiger partial charge < -0.3 is 15.0 Å². The molecule has 1 aromatic carbocycles. The summed E-state index contributed by atoms with van der Waals surface area (Å²) < 4.78 is 44.1. The van der Waals surface area contributed by atoms with Crippen LogP contribution in [0.2, 0.25) is 0 Å². The Hall–Kier alpha value is -2.29. The number of hydrogen-bond acceptors (Lipinski definition) is 4. The van der Waals surface area contributed by atoms with Crippen molar-refractivity contribution in [2.75, 3.05) is 27.2 Å². The third-order valence-corrected chi connectivity index (χ3v) is 4.30. The lowest BCUT2D eigenvalue weighted by Gasteiger charge is -2.21. The van der Waals surface area contributed by atoms with Crippen molar-refractivity contribution >= 4 is 17.3 Å². The van der Waals surface area contributed by atoms with Crippen molar-refractivity contribution < 1.29 is 17.9 Å².